The average molecular weight is 420 g/mol. The minimum absolute atomic E-state index is 0.0258. The van der Waals surface area contributed by atoms with Crippen LogP contribution < -0.4 is 0 Å². The van der Waals surface area contributed by atoms with E-state index in [1.54, 1.807) is 10.7 Å². The Morgan fingerprint density at radius 1 is 1.06 bits per heavy atom. The maximum absolute atomic E-state index is 14.1. The molecule has 1 saturated heterocycles. The van der Waals surface area contributed by atoms with Crippen LogP contribution in [0.5, 0.6) is 0 Å². The molecule has 0 bridgehead atoms. The third kappa shape index (κ3) is 3.74. The van der Waals surface area contributed by atoms with Gasteiger partial charge in [-0.15, -0.1) is 5.10 Å². The summed E-state index contributed by atoms with van der Waals surface area (Å²) in [7, 11) is 0. The van der Waals surface area contributed by atoms with Crippen molar-refractivity contribution in [1.82, 2.24) is 24.8 Å². The average Bonchev–Trinajstić information content (AvgIpc) is 3.45. The highest BCUT2D eigenvalue weighted by molar-refractivity contribution is 5.93. The third-order valence-corrected chi connectivity index (χ3v) is 6.39. The molecule has 3 aromatic rings. The predicted octanol–water partition coefficient (Wildman–Crippen LogP) is 3.51. The second-order valence-corrected chi connectivity index (χ2v) is 8.40. The number of carbonyl (C=O) groups is 1. The number of aromatic nitrogens is 3. The van der Waals surface area contributed by atoms with Crippen molar-refractivity contribution in [2.45, 2.75) is 39.3 Å². The van der Waals surface area contributed by atoms with E-state index in [2.05, 4.69) is 21.3 Å². The van der Waals surface area contributed by atoms with E-state index in [4.69, 9.17) is 0 Å². The fourth-order valence-corrected chi connectivity index (χ4v) is 4.67. The molecule has 0 N–H and O–H groups in total. The molecule has 0 unspecified atom stereocenters. The number of fused-ring (bicyclic) bond motifs is 1. The Kier molecular flexibility index (Phi) is 5.28. The van der Waals surface area contributed by atoms with E-state index in [0.29, 0.717) is 12.2 Å². The van der Waals surface area contributed by atoms with E-state index in [1.165, 1.54) is 17.2 Å². The predicted molar refractivity (Wildman–Crippen MR) is 115 cm³/mol. The number of amides is 1. The second-order valence-electron chi connectivity index (χ2n) is 8.40. The Bertz CT molecular complexity index is 1120. The molecule has 6 nitrogen and oxygen atoms in total. The van der Waals surface area contributed by atoms with Gasteiger partial charge in [-0.2, -0.15) is 0 Å². The number of halogens is 1. The monoisotopic (exact) mass is 419 g/mol. The first-order valence-electron chi connectivity index (χ1n) is 10.9. The van der Waals surface area contributed by atoms with Crippen molar-refractivity contribution in [2.75, 3.05) is 19.6 Å². The smallest absolute Gasteiger partial charge is 0.276 e. The molecule has 1 aromatic heterocycles. The summed E-state index contributed by atoms with van der Waals surface area (Å²) in [5, 5.41) is 8.58. The maximum atomic E-state index is 14.1. The summed E-state index contributed by atoms with van der Waals surface area (Å²) in [5.74, 6) is -0.183. The highest BCUT2D eigenvalue weighted by atomic mass is 19.1. The number of hydrogen-bond donors (Lipinski definition) is 0. The molecule has 2 aromatic carbocycles. The van der Waals surface area contributed by atoms with E-state index in [0.717, 1.165) is 62.4 Å². The van der Waals surface area contributed by atoms with Crippen LogP contribution in [0.3, 0.4) is 0 Å². The van der Waals surface area contributed by atoms with Gasteiger partial charge in [0.15, 0.2) is 5.69 Å². The van der Waals surface area contributed by atoms with Crippen molar-refractivity contribution in [3.63, 3.8) is 0 Å². The molecular weight excluding hydrogens is 393 g/mol. The summed E-state index contributed by atoms with van der Waals surface area (Å²) in [5.41, 5.74) is 5.35. The molecule has 31 heavy (non-hydrogen) atoms. The van der Waals surface area contributed by atoms with Crippen molar-refractivity contribution >= 4 is 5.91 Å². The Labute approximate surface area is 181 Å². The van der Waals surface area contributed by atoms with E-state index >= 15 is 0 Å². The summed E-state index contributed by atoms with van der Waals surface area (Å²) >= 11 is 0. The summed E-state index contributed by atoms with van der Waals surface area (Å²) in [4.78, 5) is 16.9. The van der Waals surface area contributed by atoms with Gasteiger partial charge in [-0.25, -0.2) is 9.07 Å². The molecule has 3 heterocycles. The summed E-state index contributed by atoms with van der Waals surface area (Å²) < 4.78 is 15.9. The Balaban J connectivity index is 1.40. The highest BCUT2D eigenvalue weighted by Crippen LogP contribution is 2.27. The number of nitrogens with zero attached hydrogens (tertiary/aromatic N) is 5. The van der Waals surface area contributed by atoms with Gasteiger partial charge >= 0.3 is 0 Å². The maximum Gasteiger partial charge on any atom is 0.276 e. The first-order valence-corrected chi connectivity index (χ1v) is 10.9. The Morgan fingerprint density at radius 3 is 2.68 bits per heavy atom. The Morgan fingerprint density at radius 2 is 1.87 bits per heavy atom. The molecule has 0 aliphatic carbocycles. The third-order valence-electron chi connectivity index (χ3n) is 6.39. The van der Waals surface area contributed by atoms with Crippen molar-refractivity contribution in [2.24, 2.45) is 0 Å². The molecule has 0 atom stereocenters. The largest absolute Gasteiger partial charge is 0.337 e. The number of rotatable bonds is 4. The number of likely N-dealkylation sites (tertiary alicyclic amines) is 1. The van der Waals surface area contributed by atoms with Gasteiger partial charge in [-0.3, -0.25) is 9.69 Å². The molecule has 7 heteroatoms. The zero-order chi connectivity index (χ0) is 21.4. The molecule has 5 rings (SSSR count). The molecule has 0 spiro atoms. The topological polar surface area (TPSA) is 54.3 Å². The lowest BCUT2D eigenvalue weighted by Gasteiger charge is -2.30. The fraction of sp³-hybridized carbons (Fsp3) is 0.375. The lowest BCUT2D eigenvalue weighted by Crippen LogP contribution is -2.31. The SMILES string of the molecule is Cc1c(C(=O)N2CCCC2)nnn1-c1cccc2c1CCN(Cc1ccccc1F)C2. The zero-order valence-corrected chi connectivity index (χ0v) is 17.7. The van der Waals surface area contributed by atoms with E-state index < -0.39 is 0 Å². The van der Waals surface area contributed by atoms with E-state index in [9.17, 15) is 9.18 Å². The van der Waals surface area contributed by atoms with Crippen LogP contribution in [0.2, 0.25) is 0 Å². The normalized spacial score (nSPS) is 16.5. The van der Waals surface area contributed by atoms with Crippen molar-refractivity contribution in [3.8, 4) is 5.69 Å². The van der Waals surface area contributed by atoms with E-state index in [-0.39, 0.29) is 11.7 Å². The van der Waals surface area contributed by atoms with Crippen LogP contribution in [-0.4, -0.2) is 50.3 Å². The standard InChI is InChI=1S/C24H26FN5O/c1-17-23(24(31)29-12-4-5-13-29)26-27-30(17)22-10-6-8-18-15-28(14-11-20(18)22)16-19-7-2-3-9-21(19)25/h2-3,6-10H,4-5,11-16H2,1H3. The first-order chi connectivity index (χ1) is 15.1. The number of benzene rings is 2. The molecule has 2 aliphatic rings. The first kappa shape index (κ1) is 19.9. The quantitative estimate of drug-likeness (QED) is 0.650. The summed E-state index contributed by atoms with van der Waals surface area (Å²) in [6.45, 7) is 5.69. The van der Waals surface area contributed by atoms with Crippen molar-refractivity contribution in [3.05, 3.63) is 76.4 Å². The lowest BCUT2D eigenvalue weighted by atomic mass is 9.97. The van der Waals surface area contributed by atoms with Gasteiger partial charge in [0.25, 0.3) is 5.91 Å². The number of carbonyl (C=O) groups excluding carboxylic acids is 1. The van der Waals surface area contributed by atoms with Crippen molar-refractivity contribution < 1.29 is 9.18 Å². The van der Waals surface area contributed by atoms with Crippen LogP contribution in [0.25, 0.3) is 5.69 Å². The molecule has 0 saturated carbocycles. The van der Waals surface area contributed by atoms with E-state index in [1.807, 2.05) is 36.1 Å². The van der Waals surface area contributed by atoms with Crippen LogP contribution in [0, 0.1) is 12.7 Å². The van der Waals surface area contributed by atoms with Gasteiger partial charge in [-0.1, -0.05) is 35.5 Å². The van der Waals surface area contributed by atoms with Gasteiger partial charge in [0.1, 0.15) is 5.82 Å². The summed E-state index contributed by atoms with van der Waals surface area (Å²) in [6.07, 6.45) is 2.94. The highest BCUT2D eigenvalue weighted by Gasteiger charge is 2.27. The van der Waals surface area contributed by atoms with Crippen LogP contribution in [0.4, 0.5) is 4.39 Å². The molecule has 1 fully saturated rings. The summed E-state index contributed by atoms with van der Waals surface area (Å²) in [6, 6.07) is 13.1. The van der Waals surface area contributed by atoms with Crippen molar-refractivity contribution in [1.29, 1.82) is 0 Å². The molecule has 0 radical (unpaired) electrons. The van der Waals surface area contributed by atoms with Gasteiger partial charge < -0.3 is 4.90 Å². The fourth-order valence-electron chi connectivity index (χ4n) is 4.67. The second kappa shape index (κ2) is 8.23. The minimum atomic E-state index is -0.157. The van der Waals surface area contributed by atoms with Crippen LogP contribution in [0.15, 0.2) is 42.5 Å². The molecule has 1 amide bonds. The molecular formula is C24H26FN5O. The van der Waals surface area contributed by atoms with Gasteiger partial charge in [0.2, 0.25) is 0 Å². The minimum Gasteiger partial charge on any atom is -0.337 e. The van der Waals surface area contributed by atoms with Gasteiger partial charge in [0, 0.05) is 38.3 Å². The Hall–Kier alpha value is -3.06. The van der Waals surface area contributed by atoms with Crippen LogP contribution in [0.1, 0.15) is 45.7 Å². The lowest BCUT2D eigenvalue weighted by molar-refractivity contribution is 0.0786. The van der Waals surface area contributed by atoms with Crippen LogP contribution >= 0.6 is 0 Å². The molecule has 2 aliphatic heterocycles. The van der Waals surface area contributed by atoms with Crippen LogP contribution in [-0.2, 0) is 19.5 Å². The zero-order valence-electron chi connectivity index (χ0n) is 17.7. The molecule has 160 valence electrons. The van der Waals surface area contributed by atoms with Gasteiger partial charge in [0.05, 0.1) is 11.4 Å². The number of hydrogen-bond acceptors (Lipinski definition) is 4. The van der Waals surface area contributed by atoms with Gasteiger partial charge in [-0.05, 0) is 49.4 Å².